The fourth-order valence-corrected chi connectivity index (χ4v) is 7.64. The first-order valence-electron chi connectivity index (χ1n) is 13.0. The number of halogens is 2. The molecule has 1 unspecified atom stereocenters. The normalized spacial score (nSPS) is 13.3. The molecule has 40 heavy (non-hydrogen) atoms. The standard InChI is InChI=1S/C21H26N2.C11H12O3.2ClH.Ru/c1-14-9-16(3)20(17(4)10-14)22-7-8-23(13-22)21-18(5)11-15(2)12-19(21)6;1-8-6-4-5-7-10(8)14-9(2)11(12)13-3;;;/h9-12H,7-8H2,1-6H3;1,4-7,9H,2-3H3;2*1H;. The molecule has 0 amide bonds. The molecule has 5 nitrogen and oxygen atoms in total. The van der Waals surface area contributed by atoms with Gasteiger partial charge in [0.05, 0.1) is 0 Å². The van der Waals surface area contributed by atoms with Crippen molar-refractivity contribution in [2.24, 2.45) is 0 Å². The largest absolute Gasteiger partial charge is 0.147 e. The van der Waals surface area contributed by atoms with Gasteiger partial charge in [0.1, 0.15) is 0 Å². The van der Waals surface area contributed by atoms with Crippen molar-refractivity contribution in [3.8, 4) is 5.75 Å². The molecule has 1 aliphatic heterocycles. The van der Waals surface area contributed by atoms with E-state index in [4.69, 9.17) is 9.47 Å². The Morgan fingerprint density at radius 1 is 0.825 bits per heavy atom. The van der Waals surface area contributed by atoms with Crippen LogP contribution in [0.5, 0.6) is 5.75 Å². The van der Waals surface area contributed by atoms with Crippen LogP contribution < -0.4 is 14.5 Å². The zero-order valence-corrected chi connectivity index (χ0v) is 27.8. The smallest absolute Gasteiger partial charge is 0.147 e. The number of aryl methyl sites for hydroxylation is 6. The first-order chi connectivity index (χ1) is 18.1. The van der Waals surface area contributed by atoms with Crippen LogP contribution in [0.2, 0.25) is 0 Å². The molecule has 1 heterocycles. The van der Waals surface area contributed by atoms with Crippen LogP contribution in [0.3, 0.4) is 0 Å². The van der Waals surface area contributed by atoms with Crippen LogP contribution in [0.25, 0.3) is 0 Å². The van der Waals surface area contributed by atoms with Crippen molar-refractivity contribution < 1.29 is 30.5 Å². The Balaban J connectivity index is 0.00000280. The maximum Gasteiger partial charge on any atom is -0.147 e. The number of ether oxygens (including phenoxy) is 2. The molecule has 0 N–H and O–H groups in total. The number of carbonyl (C=O) groups is 1. The van der Waals surface area contributed by atoms with Crippen molar-refractivity contribution >= 4 is 51.1 Å². The molecule has 0 aliphatic carbocycles. The van der Waals surface area contributed by atoms with Gasteiger partial charge in [-0.05, 0) is 0 Å². The molecule has 1 aliphatic rings. The van der Waals surface area contributed by atoms with Gasteiger partial charge in [0, 0.05) is 0 Å². The summed E-state index contributed by atoms with van der Waals surface area (Å²) in [4.78, 5) is 17.1. The Labute approximate surface area is 258 Å². The molecular weight excluding hydrogens is 632 g/mol. The number of esters is 1. The van der Waals surface area contributed by atoms with Gasteiger partial charge in [-0.3, -0.25) is 0 Å². The van der Waals surface area contributed by atoms with Crippen molar-refractivity contribution in [2.75, 3.05) is 30.0 Å². The van der Waals surface area contributed by atoms with Crippen molar-refractivity contribution in [1.82, 2.24) is 0 Å². The first kappa shape index (κ1) is 33.7. The van der Waals surface area contributed by atoms with Gasteiger partial charge in [0.15, 0.2) is 0 Å². The van der Waals surface area contributed by atoms with Gasteiger partial charge in [-0.1, -0.05) is 0 Å². The van der Waals surface area contributed by atoms with Crippen molar-refractivity contribution in [3.63, 3.8) is 0 Å². The summed E-state index contributed by atoms with van der Waals surface area (Å²) in [5.74, 6) is 0.313. The quantitative estimate of drug-likeness (QED) is 0.216. The maximum atomic E-state index is 12.0. The molecule has 1 saturated heterocycles. The number of nitrogens with zero attached hydrogens (tertiary/aromatic N) is 2. The van der Waals surface area contributed by atoms with Crippen LogP contribution in [0.1, 0.15) is 45.9 Å². The number of hydrogen-bond donors (Lipinski definition) is 0. The molecule has 3 aromatic rings. The van der Waals surface area contributed by atoms with E-state index in [0.29, 0.717) is 5.75 Å². The van der Waals surface area contributed by atoms with Gasteiger partial charge in [-0.15, -0.1) is 24.8 Å². The topological polar surface area (TPSA) is 42.0 Å². The average Bonchev–Trinajstić information content (AvgIpc) is 3.24. The second kappa shape index (κ2) is 14.4. The third-order valence-electron chi connectivity index (χ3n) is 6.80. The molecule has 0 radical (unpaired) electrons. The molecule has 3 aromatic carbocycles. The summed E-state index contributed by atoms with van der Waals surface area (Å²) >= 11 is -0.337. The Bertz CT molecular complexity index is 1340. The predicted molar refractivity (Wildman–Crippen MR) is 169 cm³/mol. The molecule has 0 spiro atoms. The summed E-state index contributed by atoms with van der Waals surface area (Å²) in [6.45, 7) is 16.8. The predicted octanol–water partition coefficient (Wildman–Crippen LogP) is 6.67. The fourth-order valence-electron chi connectivity index (χ4n) is 5.41. The van der Waals surface area contributed by atoms with Gasteiger partial charge in [-0.2, -0.15) is 0 Å². The van der Waals surface area contributed by atoms with E-state index in [9.17, 15) is 4.79 Å². The van der Waals surface area contributed by atoms with Crippen LogP contribution in [-0.2, 0) is 25.8 Å². The van der Waals surface area contributed by atoms with Crippen molar-refractivity contribution in [1.29, 1.82) is 0 Å². The third-order valence-corrected chi connectivity index (χ3v) is 8.98. The number of rotatable bonds is 6. The van der Waals surface area contributed by atoms with Gasteiger partial charge < -0.3 is 0 Å². The van der Waals surface area contributed by atoms with E-state index >= 15 is 0 Å². The van der Waals surface area contributed by atoms with Crippen LogP contribution in [0, 0.1) is 41.5 Å². The van der Waals surface area contributed by atoms with Crippen LogP contribution in [0.15, 0.2) is 48.5 Å². The summed E-state index contributed by atoms with van der Waals surface area (Å²) < 4.78 is 14.5. The van der Waals surface area contributed by atoms with Crippen LogP contribution >= 0.6 is 24.8 Å². The Morgan fingerprint density at radius 3 is 1.73 bits per heavy atom. The van der Waals surface area contributed by atoms with Gasteiger partial charge >= 0.3 is 235 Å². The number of hydrogen-bond acceptors (Lipinski definition) is 5. The molecule has 4 rings (SSSR count). The molecule has 0 aromatic heterocycles. The Kier molecular flexibility index (Phi) is 12.1. The van der Waals surface area contributed by atoms with E-state index in [1.165, 1.54) is 56.2 Å². The molecule has 0 bridgehead atoms. The second-order valence-corrected chi connectivity index (χ2v) is 11.9. The number of benzene rings is 3. The van der Waals surface area contributed by atoms with Gasteiger partial charge in [0.25, 0.3) is 0 Å². The van der Waals surface area contributed by atoms with Gasteiger partial charge in [0.2, 0.25) is 0 Å². The minimum atomic E-state index is -0.673. The van der Waals surface area contributed by atoms with Crippen molar-refractivity contribution in [3.05, 3.63) is 87.5 Å². The Morgan fingerprint density at radius 2 is 1.27 bits per heavy atom. The average molecular weight is 673 g/mol. The van der Waals surface area contributed by atoms with Crippen molar-refractivity contribution in [2.45, 2.75) is 54.6 Å². The van der Waals surface area contributed by atoms with Crippen LogP contribution in [-0.4, -0.2) is 41.2 Å². The van der Waals surface area contributed by atoms with E-state index in [-0.39, 0.29) is 47.0 Å². The minimum Gasteiger partial charge on any atom is -0.147 e. The van der Waals surface area contributed by atoms with E-state index in [2.05, 4.69) is 86.3 Å². The van der Waals surface area contributed by atoms with E-state index in [1.807, 2.05) is 18.2 Å². The summed E-state index contributed by atoms with van der Waals surface area (Å²) in [5.41, 5.74) is 11.4. The molecule has 1 atom stereocenters. The zero-order valence-electron chi connectivity index (χ0n) is 24.5. The summed E-state index contributed by atoms with van der Waals surface area (Å²) in [6, 6.07) is 17.0. The van der Waals surface area contributed by atoms with Crippen LogP contribution in [0.4, 0.5) is 11.4 Å². The maximum absolute atomic E-state index is 12.0. The molecule has 218 valence electrons. The van der Waals surface area contributed by atoms with E-state index in [1.54, 1.807) is 6.92 Å². The Hall–Kier alpha value is -2.53. The third kappa shape index (κ3) is 7.21. The van der Waals surface area contributed by atoms with Gasteiger partial charge in [-0.25, -0.2) is 0 Å². The van der Waals surface area contributed by atoms with E-state index in [0.717, 1.165) is 18.7 Å². The fraction of sp³-hybridized carbons (Fsp3) is 0.344. The minimum absolute atomic E-state index is 0. The summed E-state index contributed by atoms with van der Waals surface area (Å²) in [6.07, 6.45) is -0.673. The summed E-state index contributed by atoms with van der Waals surface area (Å²) in [7, 11) is 1.38. The molecule has 1 fully saturated rings. The number of para-hydroxylation sites is 1. The molecule has 0 saturated carbocycles. The second-order valence-electron chi connectivity index (χ2n) is 10.1. The number of carbonyl (C=O) groups excluding carboxylic acids is 1. The summed E-state index contributed by atoms with van der Waals surface area (Å²) in [5, 5.41) is 0. The first-order valence-corrected chi connectivity index (χ1v) is 14.8. The molecule has 8 heteroatoms. The number of methoxy groups -OCH3 is 1. The number of anilines is 2. The monoisotopic (exact) mass is 672 g/mol. The molecular formula is C32H40Cl2N2O3Ru. The van der Waals surface area contributed by atoms with E-state index < -0.39 is 6.10 Å². The zero-order chi connectivity index (χ0) is 27.6. The SMILES string of the molecule is COC(=O)C(C)Oc1ccccc1[CH]=[Ru]=[C]1N(c2c(C)cc(C)cc2C)CCN1c1c(C)cc(C)cc1C.Cl.Cl.